The van der Waals surface area contributed by atoms with Gasteiger partial charge in [0.2, 0.25) is 5.91 Å². The van der Waals surface area contributed by atoms with Crippen molar-refractivity contribution in [1.29, 1.82) is 0 Å². The molecule has 2 aliphatic rings. The molecule has 0 saturated carbocycles. The number of rotatable bonds is 4. The van der Waals surface area contributed by atoms with Crippen molar-refractivity contribution in [2.45, 2.75) is 26.2 Å². The first-order chi connectivity index (χ1) is 12.5. The smallest absolute Gasteiger partial charge is 0.253 e. The van der Waals surface area contributed by atoms with E-state index in [1.165, 1.54) is 37.1 Å². The zero-order chi connectivity index (χ0) is 18.5. The Balaban J connectivity index is 0.00000261. The molecule has 2 amide bonds. The summed E-state index contributed by atoms with van der Waals surface area (Å²) in [6, 6.07) is 5.62. The van der Waals surface area contributed by atoms with E-state index in [-0.39, 0.29) is 30.0 Å². The average Bonchev–Trinajstić information content (AvgIpc) is 2.69. The van der Waals surface area contributed by atoms with Gasteiger partial charge in [0, 0.05) is 38.2 Å². The SMILES string of the molecule is CC(CC(=O)N1CCN(C(=O)c2ccc(F)cc2)CC1)C1CCCNC1.Cl. The Morgan fingerprint density at radius 3 is 2.37 bits per heavy atom. The zero-order valence-corrected chi connectivity index (χ0v) is 16.6. The monoisotopic (exact) mass is 397 g/mol. The van der Waals surface area contributed by atoms with Crippen LogP contribution in [-0.2, 0) is 4.79 Å². The number of piperazine rings is 1. The fourth-order valence-electron chi connectivity index (χ4n) is 3.87. The maximum absolute atomic E-state index is 13.0. The number of amides is 2. The minimum atomic E-state index is -0.348. The van der Waals surface area contributed by atoms with Crippen molar-refractivity contribution < 1.29 is 14.0 Å². The van der Waals surface area contributed by atoms with E-state index < -0.39 is 0 Å². The second-order valence-corrected chi connectivity index (χ2v) is 7.47. The highest BCUT2D eigenvalue weighted by molar-refractivity contribution is 5.94. The Morgan fingerprint density at radius 2 is 1.78 bits per heavy atom. The van der Waals surface area contributed by atoms with Gasteiger partial charge in [-0.05, 0) is 62.0 Å². The van der Waals surface area contributed by atoms with Crippen molar-refractivity contribution in [1.82, 2.24) is 15.1 Å². The maximum atomic E-state index is 13.0. The molecule has 1 N–H and O–H groups in total. The normalized spacial score (nSPS) is 21.3. The summed E-state index contributed by atoms with van der Waals surface area (Å²) >= 11 is 0. The number of nitrogens with zero attached hydrogens (tertiary/aromatic N) is 2. The summed E-state index contributed by atoms with van der Waals surface area (Å²) in [5.41, 5.74) is 0.490. The molecule has 2 atom stereocenters. The predicted octanol–water partition coefficient (Wildman–Crippen LogP) is 2.56. The number of nitrogens with one attached hydrogen (secondary N) is 1. The Hall–Kier alpha value is -1.66. The first kappa shape index (κ1) is 21.6. The molecule has 27 heavy (non-hydrogen) atoms. The van der Waals surface area contributed by atoms with Gasteiger partial charge < -0.3 is 15.1 Å². The molecular formula is C20H29ClFN3O2. The molecule has 0 radical (unpaired) electrons. The summed E-state index contributed by atoms with van der Waals surface area (Å²) in [5, 5.41) is 3.41. The minimum Gasteiger partial charge on any atom is -0.339 e. The highest BCUT2D eigenvalue weighted by Crippen LogP contribution is 2.23. The molecular weight excluding hydrogens is 369 g/mol. The number of carbonyl (C=O) groups excluding carboxylic acids is 2. The van der Waals surface area contributed by atoms with Gasteiger partial charge in [-0.3, -0.25) is 9.59 Å². The van der Waals surface area contributed by atoms with Crippen LogP contribution in [0.1, 0.15) is 36.5 Å². The van der Waals surface area contributed by atoms with Crippen molar-refractivity contribution in [3.05, 3.63) is 35.6 Å². The summed E-state index contributed by atoms with van der Waals surface area (Å²) in [7, 11) is 0. The molecule has 2 heterocycles. The average molecular weight is 398 g/mol. The van der Waals surface area contributed by atoms with Crippen LogP contribution >= 0.6 is 12.4 Å². The van der Waals surface area contributed by atoms with Crippen LogP contribution in [0.3, 0.4) is 0 Å². The Labute approximate surface area is 166 Å². The summed E-state index contributed by atoms with van der Waals surface area (Å²) in [5.74, 6) is 0.707. The number of carbonyl (C=O) groups is 2. The molecule has 0 aliphatic carbocycles. The third-order valence-electron chi connectivity index (χ3n) is 5.65. The lowest BCUT2D eigenvalue weighted by Crippen LogP contribution is -2.51. The van der Waals surface area contributed by atoms with Crippen LogP contribution in [0.25, 0.3) is 0 Å². The number of halogens is 2. The maximum Gasteiger partial charge on any atom is 0.253 e. The quantitative estimate of drug-likeness (QED) is 0.849. The topological polar surface area (TPSA) is 52.7 Å². The number of hydrogen-bond donors (Lipinski definition) is 1. The third-order valence-corrected chi connectivity index (χ3v) is 5.65. The van der Waals surface area contributed by atoms with Gasteiger partial charge in [0.25, 0.3) is 5.91 Å². The molecule has 7 heteroatoms. The van der Waals surface area contributed by atoms with Crippen LogP contribution in [0.5, 0.6) is 0 Å². The van der Waals surface area contributed by atoms with Crippen LogP contribution in [0.2, 0.25) is 0 Å². The van der Waals surface area contributed by atoms with Crippen LogP contribution < -0.4 is 5.32 Å². The molecule has 2 unspecified atom stereocenters. The van der Waals surface area contributed by atoms with Crippen LogP contribution in [0, 0.1) is 17.7 Å². The highest BCUT2D eigenvalue weighted by Gasteiger charge is 2.28. The van der Waals surface area contributed by atoms with E-state index >= 15 is 0 Å². The molecule has 150 valence electrons. The molecule has 2 saturated heterocycles. The van der Waals surface area contributed by atoms with Gasteiger partial charge >= 0.3 is 0 Å². The standard InChI is InChI=1S/C20H28FN3O2.ClH/c1-15(17-3-2-8-22-14-17)13-19(25)23-9-11-24(12-10-23)20(26)16-4-6-18(21)7-5-16;/h4-7,15,17,22H,2-3,8-14H2,1H3;1H. The Kier molecular flexibility index (Phi) is 8.05. The van der Waals surface area contributed by atoms with Gasteiger partial charge in [-0.2, -0.15) is 0 Å². The lowest BCUT2D eigenvalue weighted by molar-refractivity contribution is -0.134. The molecule has 0 bridgehead atoms. The molecule has 5 nitrogen and oxygen atoms in total. The second-order valence-electron chi connectivity index (χ2n) is 7.47. The lowest BCUT2D eigenvalue weighted by atomic mass is 9.85. The van der Waals surface area contributed by atoms with Crippen molar-refractivity contribution >= 4 is 24.2 Å². The van der Waals surface area contributed by atoms with Crippen LogP contribution in [0.4, 0.5) is 4.39 Å². The number of benzene rings is 1. The van der Waals surface area contributed by atoms with Gasteiger partial charge in [-0.1, -0.05) is 6.92 Å². The van der Waals surface area contributed by atoms with Gasteiger partial charge in [0.1, 0.15) is 5.82 Å². The second kappa shape index (κ2) is 10.0. The van der Waals surface area contributed by atoms with E-state index in [1.54, 1.807) is 4.90 Å². The Morgan fingerprint density at radius 1 is 1.15 bits per heavy atom. The highest BCUT2D eigenvalue weighted by atomic mass is 35.5. The van der Waals surface area contributed by atoms with Crippen molar-refractivity contribution in [3.8, 4) is 0 Å². The van der Waals surface area contributed by atoms with Gasteiger partial charge in [-0.15, -0.1) is 12.4 Å². The van der Waals surface area contributed by atoms with E-state index in [4.69, 9.17) is 0 Å². The largest absolute Gasteiger partial charge is 0.339 e. The number of piperidine rings is 1. The lowest BCUT2D eigenvalue weighted by Gasteiger charge is -2.36. The van der Waals surface area contributed by atoms with Crippen molar-refractivity contribution in [2.24, 2.45) is 11.8 Å². The predicted molar refractivity (Wildman–Crippen MR) is 106 cm³/mol. The number of hydrogen-bond acceptors (Lipinski definition) is 3. The van der Waals surface area contributed by atoms with E-state index in [9.17, 15) is 14.0 Å². The summed E-state index contributed by atoms with van der Waals surface area (Å²) in [4.78, 5) is 28.7. The summed E-state index contributed by atoms with van der Waals surface area (Å²) in [6.45, 7) is 6.46. The van der Waals surface area contributed by atoms with Crippen LogP contribution in [0.15, 0.2) is 24.3 Å². The van der Waals surface area contributed by atoms with Crippen molar-refractivity contribution in [3.63, 3.8) is 0 Å². The first-order valence-corrected chi connectivity index (χ1v) is 9.58. The van der Waals surface area contributed by atoms with E-state index in [0.29, 0.717) is 50.0 Å². The molecule has 2 fully saturated rings. The third kappa shape index (κ3) is 5.66. The summed E-state index contributed by atoms with van der Waals surface area (Å²) < 4.78 is 13.0. The molecule has 0 spiro atoms. The first-order valence-electron chi connectivity index (χ1n) is 9.58. The van der Waals surface area contributed by atoms with Crippen molar-refractivity contribution in [2.75, 3.05) is 39.3 Å². The van der Waals surface area contributed by atoms with Gasteiger partial charge in [-0.25, -0.2) is 4.39 Å². The van der Waals surface area contributed by atoms with Gasteiger partial charge in [0.05, 0.1) is 0 Å². The van der Waals surface area contributed by atoms with E-state index in [2.05, 4.69) is 12.2 Å². The zero-order valence-electron chi connectivity index (χ0n) is 15.8. The molecule has 2 aliphatic heterocycles. The fourth-order valence-corrected chi connectivity index (χ4v) is 3.87. The van der Waals surface area contributed by atoms with E-state index in [0.717, 1.165) is 13.1 Å². The van der Waals surface area contributed by atoms with Crippen LogP contribution in [-0.4, -0.2) is 60.9 Å². The minimum absolute atomic E-state index is 0. The molecule has 1 aromatic carbocycles. The molecule has 0 aromatic heterocycles. The fraction of sp³-hybridized carbons (Fsp3) is 0.600. The van der Waals surface area contributed by atoms with E-state index in [1.807, 2.05) is 4.90 Å². The van der Waals surface area contributed by atoms with Gasteiger partial charge in [0.15, 0.2) is 0 Å². The Bertz CT molecular complexity index is 627. The summed E-state index contributed by atoms with van der Waals surface area (Å²) in [6.07, 6.45) is 2.97. The molecule has 1 aromatic rings. The molecule has 3 rings (SSSR count).